The van der Waals surface area contributed by atoms with Crippen LogP contribution >= 0.6 is 0 Å². The molecule has 0 spiro atoms. The van der Waals surface area contributed by atoms with Crippen LogP contribution in [0.5, 0.6) is 0 Å². The normalized spacial score (nSPS) is 33.2. The van der Waals surface area contributed by atoms with E-state index in [1.54, 1.807) is 7.11 Å². The fourth-order valence-corrected chi connectivity index (χ4v) is 3.48. The van der Waals surface area contributed by atoms with Crippen molar-refractivity contribution >= 4 is 11.8 Å². The molecule has 2 rings (SSSR count). The first-order chi connectivity index (χ1) is 9.59. The lowest BCUT2D eigenvalue weighted by atomic mass is 9.63. The van der Waals surface area contributed by atoms with Crippen LogP contribution in [0.25, 0.3) is 0 Å². The lowest BCUT2D eigenvalue weighted by Gasteiger charge is -2.55. The Labute approximate surface area is 127 Å². The molecule has 0 aromatic rings. The van der Waals surface area contributed by atoms with E-state index in [1.165, 1.54) is 0 Å². The largest absolute Gasteiger partial charge is 0.381 e. The van der Waals surface area contributed by atoms with Gasteiger partial charge in [0.25, 0.3) is 0 Å². The van der Waals surface area contributed by atoms with Gasteiger partial charge in [-0.25, -0.2) is 0 Å². The van der Waals surface area contributed by atoms with Crippen LogP contribution in [0.2, 0.25) is 0 Å². The molecule has 1 aliphatic carbocycles. The molecule has 2 aliphatic rings. The van der Waals surface area contributed by atoms with Gasteiger partial charge < -0.3 is 15.0 Å². The highest BCUT2D eigenvalue weighted by Crippen LogP contribution is 2.46. The van der Waals surface area contributed by atoms with E-state index in [2.05, 4.69) is 19.2 Å². The fourth-order valence-electron chi connectivity index (χ4n) is 3.48. The van der Waals surface area contributed by atoms with Gasteiger partial charge in [0.05, 0.1) is 6.10 Å². The number of rotatable bonds is 2. The third kappa shape index (κ3) is 2.80. The molecular formula is C16H28N2O3. The molecule has 0 aromatic heterocycles. The molecule has 5 nitrogen and oxygen atoms in total. The smallest absolute Gasteiger partial charge is 0.245 e. The predicted octanol–water partition coefficient (Wildman–Crippen LogP) is 1.56. The third-order valence-electron chi connectivity index (χ3n) is 5.07. The standard InChI is InChI=1S/C16H28N2O3/c1-15(2,3)13-14(20)18(8-7-12(19)17-13)10-9-11(21-6)16(10,4)5/h10-11,13H,7-9H2,1-6H3,(H,17,19). The maximum Gasteiger partial charge on any atom is 0.245 e. The molecule has 0 bridgehead atoms. The van der Waals surface area contributed by atoms with Gasteiger partial charge in [-0.1, -0.05) is 34.6 Å². The summed E-state index contributed by atoms with van der Waals surface area (Å²) >= 11 is 0. The molecule has 1 saturated carbocycles. The molecule has 1 N–H and O–H groups in total. The number of ether oxygens (including phenoxy) is 1. The van der Waals surface area contributed by atoms with Gasteiger partial charge in [-0.3, -0.25) is 9.59 Å². The van der Waals surface area contributed by atoms with Crippen LogP contribution in [0.3, 0.4) is 0 Å². The second-order valence-corrected chi connectivity index (χ2v) is 7.95. The van der Waals surface area contributed by atoms with E-state index in [4.69, 9.17) is 4.74 Å². The number of nitrogens with one attached hydrogen (secondary N) is 1. The lowest BCUT2D eigenvalue weighted by molar-refractivity contribution is -0.164. The summed E-state index contributed by atoms with van der Waals surface area (Å²) in [6.07, 6.45) is 1.40. The van der Waals surface area contributed by atoms with Crippen molar-refractivity contribution in [2.45, 2.75) is 65.6 Å². The Morgan fingerprint density at radius 2 is 1.90 bits per heavy atom. The molecule has 120 valence electrons. The zero-order chi connectivity index (χ0) is 16.0. The number of amides is 2. The van der Waals surface area contributed by atoms with Gasteiger partial charge >= 0.3 is 0 Å². The van der Waals surface area contributed by atoms with Gasteiger partial charge in [-0.2, -0.15) is 0 Å². The molecular weight excluding hydrogens is 268 g/mol. The average Bonchev–Trinajstić information content (AvgIpc) is 2.50. The van der Waals surface area contributed by atoms with Crippen LogP contribution in [-0.4, -0.2) is 48.6 Å². The maximum absolute atomic E-state index is 12.9. The van der Waals surface area contributed by atoms with Crippen LogP contribution in [0.1, 0.15) is 47.5 Å². The van der Waals surface area contributed by atoms with Gasteiger partial charge in [-0.05, 0) is 11.8 Å². The second-order valence-electron chi connectivity index (χ2n) is 7.95. The van der Waals surface area contributed by atoms with Crippen molar-refractivity contribution in [3.8, 4) is 0 Å². The molecule has 21 heavy (non-hydrogen) atoms. The summed E-state index contributed by atoms with van der Waals surface area (Å²) < 4.78 is 5.48. The summed E-state index contributed by atoms with van der Waals surface area (Å²) in [5.74, 6) is 0.00664. The van der Waals surface area contributed by atoms with E-state index in [0.29, 0.717) is 13.0 Å². The summed E-state index contributed by atoms with van der Waals surface area (Å²) in [6.45, 7) is 10.7. The van der Waals surface area contributed by atoms with Crippen molar-refractivity contribution in [1.29, 1.82) is 0 Å². The highest BCUT2D eigenvalue weighted by atomic mass is 16.5. The number of nitrogens with zero attached hydrogens (tertiary/aromatic N) is 1. The second kappa shape index (κ2) is 5.27. The van der Waals surface area contributed by atoms with E-state index in [1.807, 2.05) is 25.7 Å². The van der Waals surface area contributed by atoms with Gasteiger partial charge in [-0.15, -0.1) is 0 Å². The Morgan fingerprint density at radius 1 is 1.29 bits per heavy atom. The summed E-state index contributed by atoms with van der Waals surface area (Å²) in [6, 6.07) is -0.308. The number of methoxy groups -OCH3 is 1. The molecule has 3 atom stereocenters. The minimum Gasteiger partial charge on any atom is -0.381 e. The maximum atomic E-state index is 12.9. The molecule has 1 aliphatic heterocycles. The summed E-state index contributed by atoms with van der Waals surface area (Å²) in [5.41, 5.74) is -0.357. The quantitative estimate of drug-likeness (QED) is 0.841. The van der Waals surface area contributed by atoms with Crippen molar-refractivity contribution < 1.29 is 14.3 Å². The van der Waals surface area contributed by atoms with Crippen molar-refractivity contribution in [2.75, 3.05) is 13.7 Å². The lowest BCUT2D eigenvalue weighted by Crippen LogP contribution is -2.65. The topological polar surface area (TPSA) is 58.6 Å². The number of carbonyl (C=O) groups is 2. The van der Waals surface area contributed by atoms with E-state index < -0.39 is 6.04 Å². The molecule has 5 heteroatoms. The average molecular weight is 296 g/mol. The van der Waals surface area contributed by atoms with Gasteiger partial charge in [0.2, 0.25) is 11.8 Å². The summed E-state index contributed by atoms with van der Waals surface area (Å²) in [7, 11) is 1.72. The summed E-state index contributed by atoms with van der Waals surface area (Å²) in [4.78, 5) is 26.8. The van der Waals surface area contributed by atoms with Crippen LogP contribution < -0.4 is 5.32 Å². The van der Waals surface area contributed by atoms with Crippen molar-refractivity contribution in [3.05, 3.63) is 0 Å². The monoisotopic (exact) mass is 296 g/mol. The van der Waals surface area contributed by atoms with Crippen molar-refractivity contribution in [1.82, 2.24) is 10.2 Å². The number of carbonyl (C=O) groups excluding carboxylic acids is 2. The van der Waals surface area contributed by atoms with E-state index >= 15 is 0 Å². The Bertz CT molecular complexity index is 439. The molecule has 1 saturated heterocycles. The zero-order valence-corrected chi connectivity index (χ0v) is 14.0. The van der Waals surface area contributed by atoms with E-state index in [-0.39, 0.29) is 34.8 Å². The van der Waals surface area contributed by atoms with Crippen molar-refractivity contribution in [3.63, 3.8) is 0 Å². The number of hydrogen-bond acceptors (Lipinski definition) is 3. The third-order valence-corrected chi connectivity index (χ3v) is 5.07. The van der Waals surface area contributed by atoms with Crippen LogP contribution in [0, 0.1) is 10.8 Å². The van der Waals surface area contributed by atoms with Crippen LogP contribution in [0.4, 0.5) is 0 Å². The predicted molar refractivity (Wildman–Crippen MR) is 80.7 cm³/mol. The molecule has 2 amide bonds. The molecule has 2 fully saturated rings. The SMILES string of the molecule is COC1CC(N2CCC(=O)NC(C(C)(C)C)C2=O)C1(C)C. The summed E-state index contributed by atoms with van der Waals surface area (Å²) in [5, 5.41) is 2.89. The Balaban J connectivity index is 2.23. The fraction of sp³-hybridized carbons (Fsp3) is 0.875. The van der Waals surface area contributed by atoms with E-state index in [0.717, 1.165) is 6.42 Å². The Morgan fingerprint density at radius 3 is 2.38 bits per heavy atom. The van der Waals surface area contributed by atoms with Gasteiger partial charge in [0, 0.05) is 31.5 Å². The highest BCUT2D eigenvalue weighted by Gasteiger charge is 2.54. The van der Waals surface area contributed by atoms with Crippen molar-refractivity contribution in [2.24, 2.45) is 10.8 Å². The number of hydrogen-bond donors (Lipinski definition) is 1. The Kier molecular flexibility index (Phi) is 4.08. The molecule has 0 aromatic carbocycles. The van der Waals surface area contributed by atoms with Crippen LogP contribution in [0.15, 0.2) is 0 Å². The minimum absolute atomic E-state index is 0.0359. The zero-order valence-electron chi connectivity index (χ0n) is 14.0. The molecule has 0 radical (unpaired) electrons. The van der Waals surface area contributed by atoms with Gasteiger partial charge in [0.15, 0.2) is 0 Å². The first kappa shape index (κ1) is 16.3. The first-order valence-electron chi connectivity index (χ1n) is 7.71. The minimum atomic E-state index is -0.454. The van der Waals surface area contributed by atoms with Crippen LogP contribution in [-0.2, 0) is 14.3 Å². The first-order valence-corrected chi connectivity index (χ1v) is 7.71. The molecule has 1 heterocycles. The molecule has 3 unspecified atom stereocenters. The highest BCUT2D eigenvalue weighted by molar-refractivity contribution is 5.90. The van der Waals surface area contributed by atoms with E-state index in [9.17, 15) is 9.59 Å². The Hall–Kier alpha value is -1.10. The van der Waals surface area contributed by atoms with Gasteiger partial charge in [0.1, 0.15) is 6.04 Å².